The average Bonchev–Trinajstić information content (AvgIpc) is 3.01. The molecule has 0 unspecified atom stereocenters. The van der Waals surface area contributed by atoms with Crippen molar-refractivity contribution in [2.24, 2.45) is 0 Å². The molecule has 0 bridgehead atoms. The van der Waals surface area contributed by atoms with Gasteiger partial charge in [-0.15, -0.1) is 0 Å². The van der Waals surface area contributed by atoms with Gasteiger partial charge in [-0.2, -0.15) is 0 Å². The lowest BCUT2D eigenvalue weighted by Gasteiger charge is -2.24. The molecular weight excluding hydrogens is 262 g/mol. The number of nitrogens with zero attached hydrogens (tertiary/aromatic N) is 1. The first-order valence-corrected chi connectivity index (χ1v) is 7.88. The predicted octanol–water partition coefficient (Wildman–Crippen LogP) is 2.64. The van der Waals surface area contributed by atoms with Crippen molar-refractivity contribution in [1.29, 1.82) is 0 Å². The summed E-state index contributed by atoms with van der Waals surface area (Å²) in [6.07, 6.45) is 5.28. The average molecular weight is 289 g/mol. The van der Waals surface area contributed by atoms with E-state index in [1.165, 1.54) is 25.7 Å². The van der Waals surface area contributed by atoms with Gasteiger partial charge in [0.05, 0.1) is 5.56 Å². The number of amides is 1. The highest BCUT2D eigenvalue weighted by atomic mass is 16.1. The van der Waals surface area contributed by atoms with Gasteiger partial charge in [-0.3, -0.25) is 4.79 Å². The maximum atomic E-state index is 12.3. The third kappa shape index (κ3) is 4.21. The molecule has 0 atom stereocenters. The number of hydrogen-bond acceptors (Lipinski definition) is 3. The Bertz CT molecular complexity index is 481. The van der Waals surface area contributed by atoms with E-state index in [-0.39, 0.29) is 5.91 Å². The molecule has 1 aromatic rings. The zero-order valence-corrected chi connectivity index (χ0v) is 13.4. The van der Waals surface area contributed by atoms with Crippen LogP contribution in [0.4, 0.5) is 5.69 Å². The largest absolute Gasteiger partial charge is 0.387 e. The van der Waals surface area contributed by atoms with E-state index in [1.54, 1.807) is 0 Å². The normalized spacial score (nSPS) is 15.4. The van der Waals surface area contributed by atoms with Crippen molar-refractivity contribution in [3.63, 3.8) is 0 Å². The highest BCUT2D eigenvalue weighted by molar-refractivity contribution is 5.99. The molecule has 0 heterocycles. The topological polar surface area (TPSA) is 44.4 Å². The van der Waals surface area contributed by atoms with E-state index in [9.17, 15) is 4.79 Å². The second kappa shape index (κ2) is 7.46. The summed E-state index contributed by atoms with van der Waals surface area (Å²) < 4.78 is 0. The van der Waals surface area contributed by atoms with Crippen molar-refractivity contribution in [3.05, 3.63) is 29.3 Å². The lowest BCUT2D eigenvalue weighted by atomic mass is 10.1. The third-order valence-corrected chi connectivity index (χ3v) is 4.39. The molecule has 1 amide bonds. The van der Waals surface area contributed by atoms with Crippen molar-refractivity contribution in [1.82, 2.24) is 10.2 Å². The van der Waals surface area contributed by atoms with Crippen molar-refractivity contribution < 1.29 is 4.79 Å². The van der Waals surface area contributed by atoms with E-state index in [1.807, 2.05) is 32.2 Å². The lowest BCUT2D eigenvalue weighted by Crippen LogP contribution is -2.37. The zero-order chi connectivity index (χ0) is 15.2. The third-order valence-electron chi connectivity index (χ3n) is 4.39. The monoisotopic (exact) mass is 289 g/mol. The number of carbonyl (C=O) groups is 1. The summed E-state index contributed by atoms with van der Waals surface area (Å²) in [5.41, 5.74) is 2.70. The summed E-state index contributed by atoms with van der Waals surface area (Å²) in [4.78, 5) is 14.7. The van der Waals surface area contributed by atoms with E-state index in [4.69, 9.17) is 0 Å². The van der Waals surface area contributed by atoms with Crippen LogP contribution in [0.25, 0.3) is 0 Å². The van der Waals surface area contributed by atoms with Crippen LogP contribution < -0.4 is 10.6 Å². The standard InChI is InChI=1S/C17H27N3O/c1-13-8-9-16(18-2)15(12-13)17(21)19-10-11-20(3)14-6-4-5-7-14/h8-9,12,14,18H,4-7,10-11H2,1-3H3,(H,19,21). The number of carbonyl (C=O) groups excluding carboxylic acids is 1. The summed E-state index contributed by atoms with van der Waals surface area (Å²) >= 11 is 0. The molecule has 21 heavy (non-hydrogen) atoms. The molecule has 0 radical (unpaired) electrons. The quantitative estimate of drug-likeness (QED) is 0.846. The minimum absolute atomic E-state index is 0.00266. The number of aryl methyl sites for hydroxylation is 1. The van der Waals surface area contributed by atoms with Gasteiger partial charge in [0.1, 0.15) is 0 Å². The smallest absolute Gasteiger partial charge is 0.253 e. The Hall–Kier alpha value is -1.55. The van der Waals surface area contributed by atoms with E-state index >= 15 is 0 Å². The molecule has 0 spiro atoms. The Morgan fingerprint density at radius 3 is 2.71 bits per heavy atom. The summed E-state index contributed by atoms with van der Waals surface area (Å²) in [6.45, 7) is 3.62. The summed E-state index contributed by atoms with van der Waals surface area (Å²) in [6, 6.07) is 6.60. The Labute approximate surface area is 127 Å². The van der Waals surface area contributed by atoms with Crippen molar-refractivity contribution >= 4 is 11.6 Å². The van der Waals surface area contributed by atoms with Crippen molar-refractivity contribution in [2.45, 2.75) is 38.6 Å². The van der Waals surface area contributed by atoms with Crippen LogP contribution in [-0.4, -0.2) is 44.0 Å². The second-order valence-corrected chi connectivity index (χ2v) is 5.97. The molecule has 4 nitrogen and oxygen atoms in total. The minimum Gasteiger partial charge on any atom is -0.387 e. The Kier molecular flexibility index (Phi) is 5.62. The summed E-state index contributed by atoms with van der Waals surface area (Å²) in [7, 11) is 4.00. The predicted molar refractivity (Wildman–Crippen MR) is 87.9 cm³/mol. The summed E-state index contributed by atoms with van der Waals surface area (Å²) in [5.74, 6) is 0.00266. The SMILES string of the molecule is CNc1ccc(C)cc1C(=O)NCCN(C)C1CCCC1. The molecule has 1 fully saturated rings. The zero-order valence-electron chi connectivity index (χ0n) is 13.4. The molecule has 1 aliphatic rings. The van der Waals surface area contributed by atoms with E-state index in [0.29, 0.717) is 12.6 Å². The Balaban J connectivity index is 1.85. The molecule has 1 aliphatic carbocycles. The maximum Gasteiger partial charge on any atom is 0.253 e. The molecule has 116 valence electrons. The lowest BCUT2D eigenvalue weighted by molar-refractivity contribution is 0.0948. The van der Waals surface area contributed by atoms with E-state index < -0.39 is 0 Å². The Morgan fingerprint density at radius 1 is 1.33 bits per heavy atom. The minimum atomic E-state index is 0.00266. The van der Waals surface area contributed by atoms with Gasteiger partial charge < -0.3 is 15.5 Å². The van der Waals surface area contributed by atoms with Gasteiger partial charge in [-0.05, 0) is 38.9 Å². The molecule has 0 aromatic heterocycles. The molecule has 0 saturated heterocycles. The number of benzene rings is 1. The van der Waals surface area contributed by atoms with Crippen LogP contribution in [-0.2, 0) is 0 Å². The Morgan fingerprint density at radius 2 is 2.05 bits per heavy atom. The fourth-order valence-corrected chi connectivity index (χ4v) is 3.03. The first kappa shape index (κ1) is 15.8. The number of anilines is 1. The highest BCUT2D eigenvalue weighted by Crippen LogP contribution is 2.22. The van der Waals surface area contributed by atoms with Gasteiger partial charge in [0.15, 0.2) is 0 Å². The summed E-state index contributed by atoms with van der Waals surface area (Å²) in [5, 5.41) is 6.11. The van der Waals surface area contributed by atoms with Crippen LogP contribution in [0.15, 0.2) is 18.2 Å². The maximum absolute atomic E-state index is 12.3. The van der Waals surface area contributed by atoms with Gasteiger partial charge in [-0.25, -0.2) is 0 Å². The molecular formula is C17H27N3O. The molecule has 2 N–H and O–H groups in total. The molecule has 2 rings (SSSR count). The second-order valence-electron chi connectivity index (χ2n) is 5.97. The molecule has 1 aromatic carbocycles. The fraction of sp³-hybridized carbons (Fsp3) is 0.588. The van der Waals surface area contributed by atoms with Crippen molar-refractivity contribution in [3.8, 4) is 0 Å². The van der Waals surface area contributed by atoms with Gasteiger partial charge in [-0.1, -0.05) is 24.5 Å². The van der Waals surface area contributed by atoms with Gasteiger partial charge >= 0.3 is 0 Å². The fourth-order valence-electron chi connectivity index (χ4n) is 3.03. The van der Waals surface area contributed by atoms with Crippen LogP contribution >= 0.6 is 0 Å². The van der Waals surface area contributed by atoms with Gasteiger partial charge in [0.25, 0.3) is 5.91 Å². The van der Waals surface area contributed by atoms with Crippen LogP contribution in [0.1, 0.15) is 41.6 Å². The number of hydrogen-bond donors (Lipinski definition) is 2. The first-order chi connectivity index (χ1) is 10.1. The van der Waals surface area contributed by atoms with Crippen LogP contribution in [0.2, 0.25) is 0 Å². The van der Waals surface area contributed by atoms with Gasteiger partial charge in [0, 0.05) is 31.9 Å². The van der Waals surface area contributed by atoms with E-state index in [0.717, 1.165) is 23.4 Å². The first-order valence-electron chi connectivity index (χ1n) is 7.88. The highest BCUT2D eigenvalue weighted by Gasteiger charge is 2.19. The number of rotatable bonds is 6. The molecule has 0 aliphatic heterocycles. The van der Waals surface area contributed by atoms with Crippen molar-refractivity contribution in [2.75, 3.05) is 32.5 Å². The van der Waals surface area contributed by atoms with E-state index in [2.05, 4.69) is 22.6 Å². The molecule has 4 heteroatoms. The van der Waals surface area contributed by atoms with Crippen LogP contribution in [0.3, 0.4) is 0 Å². The van der Waals surface area contributed by atoms with Gasteiger partial charge in [0.2, 0.25) is 0 Å². The number of nitrogens with one attached hydrogen (secondary N) is 2. The number of likely N-dealkylation sites (N-methyl/N-ethyl adjacent to an activating group) is 1. The van der Waals surface area contributed by atoms with Crippen LogP contribution in [0, 0.1) is 6.92 Å². The molecule has 1 saturated carbocycles. The van der Waals surface area contributed by atoms with Crippen LogP contribution in [0.5, 0.6) is 0 Å².